The third-order valence-electron chi connectivity index (χ3n) is 2.99. The predicted octanol–water partition coefficient (Wildman–Crippen LogP) is 1.76. The number of hydrogen-bond donors (Lipinski definition) is 0. The van der Waals surface area contributed by atoms with E-state index < -0.39 is 5.60 Å². The van der Waals surface area contributed by atoms with E-state index in [0.717, 1.165) is 5.56 Å². The lowest BCUT2D eigenvalue weighted by molar-refractivity contribution is 0.00800. The summed E-state index contributed by atoms with van der Waals surface area (Å²) in [4.78, 5) is 13.5. The zero-order chi connectivity index (χ0) is 14.2. The molecule has 1 fully saturated rings. The van der Waals surface area contributed by atoms with Crippen molar-refractivity contribution in [3.8, 4) is 5.88 Å². The molecule has 19 heavy (non-hydrogen) atoms. The minimum Gasteiger partial charge on any atom is -0.480 e. The highest BCUT2D eigenvalue weighted by molar-refractivity contribution is 5.69. The van der Waals surface area contributed by atoms with Gasteiger partial charge in [-0.3, -0.25) is 4.68 Å². The number of carbonyl (C=O) groups excluding carboxylic acids is 1. The fraction of sp³-hybridized carbons (Fsp3) is 0.692. The lowest BCUT2D eigenvalue weighted by atomic mass is 9.94. The first-order valence-corrected chi connectivity index (χ1v) is 6.35. The average molecular weight is 267 g/mol. The molecule has 0 saturated carbocycles. The molecule has 2 heterocycles. The number of amides is 1. The molecule has 0 unspecified atom stereocenters. The van der Waals surface area contributed by atoms with E-state index in [4.69, 9.17) is 9.47 Å². The van der Waals surface area contributed by atoms with Gasteiger partial charge in [-0.15, -0.1) is 5.10 Å². The summed E-state index contributed by atoms with van der Waals surface area (Å²) in [5.74, 6) is 0.910. The molecule has 2 rings (SSSR count). The molecule has 6 nitrogen and oxygen atoms in total. The minimum absolute atomic E-state index is 0.258. The Hall–Kier alpha value is -1.72. The van der Waals surface area contributed by atoms with Gasteiger partial charge in [-0.1, -0.05) is 0 Å². The molecule has 6 heteroatoms. The van der Waals surface area contributed by atoms with Crippen molar-refractivity contribution in [1.82, 2.24) is 14.7 Å². The van der Waals surface area contributed by atoms with Crippen LogP contribution in [-0.2, 0) is 11.8 Å². The van der Waals surface area contributed by atoms with Crippen molar-refractivity contribution < 1.29 is 14.3 Å². The Morgan fingerprint density at radius 1 is 1.42 bits per heavy atom. The van der Waals surface area contributed by atoms with Gasteiger partial charge in [0.15, 0.2) is 0 Å². The van der Waals surface area contributed by atoms with Gasteiger partial charge in [-0.2, -0.15) is 0 Å². The number of ether oxygens (including phenoxy) is 2. The van der Waals surface area contributed by atoms with Gasteiger partial charge in [0, 0.05) is 37.8 Å². The maximum absolute atomic E-state index is 11.8. The van der Waals surface area contributed by atoms with Crippen molar-refractivity contribution in [2.45, 2.75) is 32.3 Å². The van der Waals surface area contributed by atoms with E-state index in [2.05, 4.69) is 5.10 Å². The lowest BCUT2D eigenvalue weighted by Crippen LogP contribution is -2.50. The first-order chi connectivity index (χ1) is 8.80. The van der Waals surface area contributed by atoms with Crippen molar-refractivity contribution in [2.75, 3.05) is 20.2 Å². The molecule has 0 atom stereocenters. The molecule has 1 aromatic rings. The van der Waals surface area contributed by atoms with Gasteiger partial charge in [-0.05, 0) is 20.8 Å². The molecule has 0 aromatic carbocycles. The quantitative estimate of drug-likeness (QED) is 0.819. The third-order valence-corrected chi connectivity index (χ3v) is 2.99. The van der Waals surface area contributed by atoms with Crippen LogP contribution in [-0.4, -0.2) is 46.6 Å². The maximum atomic E-state index is 11.8. The summed E-state index contributed by atoms with van der Waals surface area (Å²) in [6.07, 6.45) is 1.68. The number of likely N-dealkylation sites (tertiary alicyclic amines) is 1. The normalized spacial score (nSPS) is 16.2. The molecule has 1 aromatic heterocycles. The van der Waals surface area contributed by atoms with Crippen LogP contribution in [0.15, 0.2) is 6.20 Å². The minimum atomic E-state index is -0.450. The number of aryl methyl sites for hydroxylation is 1. The summed E-state index contributed by atoms with van der Waals surface area (Å²) in [5.41, 5.74) is 0.596. The van der Waals surface area contributed by atoms with Crippen LogP contribution in [0.25, 0.3) is 0 Å². The number of rotatable bonds is 2. The second kappa shape index (κ2) is 4.75. The summed E-state index contributed by atoms with van der Waals surface area (Å²) < 4.78 is 12.3. The van der Waals surface area contributed by atoms with E-state index in [1.807, 2.05) is 34.0 Å². The van der Waals surface area contributed by atoms with Crippen molar-refractivity contribution in [1.29, 1.82) is 0 Å². The Balaban J connectivity index is 1.94. The number of aromatic nitrogens is 2. The van der Waals surface area contributed by atoms with Crippen LogP contribution in [0.3, 0.4) is 0 Å². The summed E-state index contributed by atoms with van der Waals surface area (Å²) in [6, 6.07) is 0. The largest absolute Gasteiger partial charge is 0.480 e. The van der Waals surface area contributed by atoms with E-state index in [9.17, 15) is 4.79 Å². The number of methoxy groups -OCH3 is 1. The fourth-order valence-electron chi connectivity index (χ4n) is 2.08. The Morgan fingerprint density at radius 3 is 2.58 bits per heavy atom. The first kappa shape index (κ1) is 13.7. The number of nitrogens with zero attached hydrogens (tertiary/aromatic N) is 3. The van der Waals surface area contributed by atoms with Crippen LogP contribution in [0.4, 0.5) is 4.79 Å². The van der Waals surface area contributed by atoms with Crippen molar-refractivity contribution >= 4 is 6.09 Å². The van der Waals surface area contributed by atoms with Crippen LogP contribution in [0.5, 0.6) is 5.88 Å². The third kappa shape index (κ3) is 3.00. The van der Waals surface area contributed by atoms with Gasteiger partial charge in [0.25, 0.3) is 0 Å². The van der Waals surface area contributed by atoms with Gasteiger partial charge >= 0.3 is 6.09 Å². The molecule has 0 aliphatic carbocycles. The summed E-state index contributed by atoms with van der Waals surface area (Å²) in [6.45, 7) is 6.90. The Bertz CT molecular complexity index is 470. The highest BCUT2D eigenvalue weighted by Crippen LogP contribution is 2.33. The van der Waals surface area contributed by atoms with E-state index in [-0.39, 0.29) is 12.0 Å². The summed E-state index contributed by atoms with van der Waals surface area (Å²) >= 11 is 0. The maximum Gasteiger partial charge on any atom is 0.410 e. The Labute approximate surface area is 113 Å². The molecular weight excluding hydrogens is 246 g/mol. The molecule has 1 aliphatic rings. The van der Waals surface area contributed by atoms with Gasteiger partial charge in [0.1, 0.15) is 5.60 Å². The average Bonchev–Trinajstić information content (AvgIpc) is 2.54. The lowest BCUT2D eigenvalue weighted by Gasteiger charge is -2.39. The van der Waals surface area contributed by atoms with Gasteiger partial charge in [0.05, 0.1) is 7.11 Å². The van der Waals surface area contributed by atoms with Crippen LogP contribution in [0.2, 0.25) is 0 Å². The van der Waals surface area contributed by atoms with Gasteiger partial charge in [-0.25, -0.2) is 4.79 Å². The molecule has 1 saturated heterocycles. The monoisotopic (exact) mass is 267 g/mol. The second-order valence-corrected chi connectivity index (χ2v) is 5.85. The molecule has 106 valence electrons. The van der Waals surface area contributed by atoms with E-state index in [0.29, 0.717) is 19.0 Å². The number of hydrogen-bond acceptors (Lipinski definition) is 4. The molecule has 0 radical (unpaired) electrons. The van der Waals surface area contributed by atoms with Crippen molar-refractivity contribution in [2.24, 2.45) is 7.05 Å². The highest BCUT2D eigenvalue weighted by Gasteiger charge is 2.36. The predicted molar refractivity (Wildman–Crippen MR) is 70.3 cm³/mol. The standard InChI is InChI=1S/C13H21N3O3/c1-13(2,3)19-12(17)16-6-9(7-16)10-8-15(4)14-11(10)18-5/h8-9H,6-7H2,1-5H3. The van der Waals surface area contributed by atoms with Crippen LogP contribution >= 0.6 is 0 Å². The molecule has 0 bridgehead atoms. The van der Waals surface area contributed by atoms with Gasteiger partial charge in [0.2, 0.25) is 5.88 Å². The second-order valence-electron chi connectivity index (χ2n) is 5.85. The molecular formula is C13H21N3O3. The van der Waals surface area contributed by atoms with Crippen molar-refractivity contribution in [3.05, 3.63) is 11.8 Å². The Kier molecular flexibility index (Phi) is 3.43. The molecule has 1 aliphatic heterocycles. The Morgan fingerprint density at radius 2 is 2.05 bits per heavy atom. The van der Waals surface area contributed by atoms with Gasteiger partial charge < -0.3 is 14.4 Å². The summed E-state index contributed by atoms with van der Waals surface area (Å²) in [7, 11) is 3.46. The fourth-order valence-corrected chi connectivity index (χ4v) is 2.08. The zero-order valence-electron chi connectivity index (χ0n) is 12.1. The van der Waals surface area contributed by atoms with E-state index >= 15 is 0 Å². The van der Waals surface area contributed by atoms with E-state index in [1.165, 1.54) is 0 Å². The topological polar surface area (TPSA) is 56.6 Å². The first-order valence-electron chi connectivity index (χ1n) is 6.35. The van der Waals surface area contributed by atoms with Crippen LogP contribution < -0.4 is 4.74 Å². The van der Waals surface area contributed by atoms with Crippen molar-refractivity contribution in [3.63, 3.8) is 0 Å². The van der Waals surface area contributed by atoms with Crippen LogP contribution in [0.1, 0.15) is 32.3 Å². The van der Waals surface area contributed by atoms with Crippen LogP contribution in [0, 0.1) is 0 Å². The van der Waals surface area contributed by atoms with E-state index in [1.54, 1.807) is 16.7 Å². The molecule has 0 spiro atoms. The SMILES string of the molecule is COc1nn(C)cc1C1CN(C(=O)OC(C)(C)C)C1. The molecule has 0 N–H and O–H groups in total. The highest BCUT2D eigenvalue weighted by atomic mass is 16.6. The molecule has 1 amide bonds. The number of carbonyl (C=O) groups is 1. The smallest absolute Gasteiger partial charge is 0.410 e. The summed E-state index contributed by atoms with van der Waals surface area (Å²) in [5, 5.41) is 4.22. The zero-order valence-corrected chi connectivity index (χ0v) is 12.1.